The zero-order valence-electron chi connectivity index (χ0n) is 11.0. The highest BCUT2D eigenvalue weighted by Crippen LogP contribution is 2.25. The largest absolute Gasteiger partial charge is 0.496 e. The molecule has 2 aromatic rings. The van der Waals surface area contributed by atoms with Crippen LogP contribution in [0.2, 0.25) is 0 Å². The Bertz CT molecular complexity index is 659. The molecule has 0 fully saturated rings. The highest BCUT2D eigenvalue weighted by molar-refractivity contribution is 5.89. The van der Waals surface area contributed by atoms with Gasteiger partial charge in [0.15, 0.2) is 11.6 Å². The summed E-state index contributed by atoms with van der Waals surface area (Å²) in [5.41, 5.74) is 1.04. The van der Waals surface area contributed by atoms with Crippen LogP contribution in [0.4, 0.5) is 15.9 Å². The molecule has 0 radical (unpaired) electrons. The molecule has 0 aliphatic carbocycles. The number of methoxy groups -OCH3 is 1. The number of nitrogens with zero attached hydrogens (tertiary/aromatic N) is 1. The Morgan fingerprint density at radius 2 is 2.15 bits per heavy atom. The number of nitrogens with one attached hydrogen (secondary N) is 1. The topological polar surface area (TPSA) is 71.5 Å². The lowest BCUT2D eigenvalue weighted by molar-refractivity contribution is 0.0692. The maximum Gasteiger partial charge on any atom is 0.338 e. The molecule has 0 aliphatic rings. The minimum atomic E-state index is -1.33. The van der Waals surface area contributed by atoms with Crippen molar-refractivity contribution >= 4 is 17.5 Å². The Hall–Kier alpha value is -2.63. The second-order valence-electron chi connectivity index (χ2n) is 4.14. The van der Waals surface area contributed by atoms with E-state index in [4.69, 9.17) is 9.84 Å². The summed E-state index contributed by atoms with van der Waals surface area (Å²) in [5, 5.41) is 11.6. The fraction of sp³-hybridized carbons (Fsp3) is 0.143. The van der Waals surface area contributed by atoms with Gasteiger partial charge in [0.1, 0.15) is 11.3 Å². The van der Waals surface area contributed by atoms with Crippen molar-refractivity contribution in [3.63, 3.8) is 0 Å². The first-order chi connectivity index (χ1) is 9.52. The van der Waals surface area contributed by atoms with Crippen LogP contribution in [-0.2, 0) is 0 Å². The highest BCUT2D eigenvalue weighted by atomic mass is 19.1. The minimum absolute atomic E-state index is 0.130. The number of anilines is 2. The van der Waals surface area contributed by atoms with Crippen LogP contribution in [0.15, 0.2) is 30.5 Å². The van der Waals surface area contributed by atoms with Gasteiger partial charge in [-0.1, -0.05) is 0 Å². The van der Waals surface area contributed by atoms with Gasteiger partial charge in [-0.2, -0.15) is 0 Å². The number of aromatic nitrogens is 1. The minimum Gasteiger partial charge on any atom is -0.496 e. The van der Waals surface area contributed by atoms with Crippen LogP contribution in [0.3, 0.4) is 0 Å². The number of carboxylic acids is 1. The average Bonchev–Trinajstić information content (AvgIpc) is 2.41. The van der Waals surface area contributed by atoms with Crippen LogP contribution < -0.4 is 10.1 Å². The van der Waals surface area contributed by atoms with E-state index in [1.807, 2.05) is 6.92 Å². The van der Waals surface area contributed by atoms with Crippen LogP contribution >= 0.6 is 0 Å². The van der Waals surface area contributed by atoms with Gasteiger partial charge < -0.3 is 15.2 Å². The van der Waals surface area contributed by atoms with Gasteiger partial charge in [-0.05, 0) is 36.8 Å². The molecule has 20 heavy (non-hydrogen) atoms. The van der Waals surface area contributed by atoms with E-state index in [2.05, 4.69) is 10.3 Å². The number of pyridine rings is 1. The lowest BCUT2D eigenvalue weighted by Crippen LogP contribution is -2.05. The first kappa shape index (κ1) is 13.8. The molecule has 104 valence electrons. The lowest BCUT2D eigenvalue weighted by atomic mass is 10.2. The van der Waals surface area contributed by atoms with Gasteiger partial charge in [0.05, 0.1) is 7.11 Å². The summed E-state index contributed by atoms with van der Waals surface area (Å²) in [6.07, 6.45) is 1.24. The predicted octanol–water partition coefficient (Wildman–Crippen LogP) is 2.98. The first-order valence-electron chi connectivity index (χ1n) is 5.82. The van der Waals surface area contributed by atoms with Crippen molar-refractivity contribution in [2.75, 3.05) is 12.4 Å². The third-order valence-electron chi connectivity index (χ3n) is 2.78. The maximum absolute atomic E-state index is 13.9. The van der Waals surface area contributed by atoms with E-state index in [0.717, 1.165) is 11.6 Å². The molecule has 0 bridgehead atoms. The van der Waals surface area contributed by atoms with E-state index in [1.54, 1.807) is 25.3 Å². The molecule has 1 aromatic carbocycles. The standard InChI is InChI=1S/C14H13FN2O3/c1-8-7-9(3-4-11(8)20-2)17-13-12(15)10(14(18)19)5-6-16-13/h3-7H,1-2H3,(H,16,17)(H,18,19). The number of rotatable bonds is 4. The Kier molecular flexibility index (Phi) is 3.84. The Labute approximate surface area is 115 Å². The third-order valence-corrected chi connectivity index (χ3v) is 2.78. The number of hydrogen-bond acceptors (Lipinski definition) is 4. The zero-order valence-corrected chi connectivity index (χ0v) is 11.0. The molecule has 0 amide bonds. The Balaban J connectivity index is 2.33. The molecule has 0 aliphatic heterocycles. The van der Waals surface area contributed by atoms with Crippen molar-refractivity contribution < 1.29 is 19.0 Å². The fourth-order valence-electron chi connectivity index (χ4n) is 1.79. The number of halogens is 1. The maximum atomic E-state index is 13.9. The molecule has 1 aromatic heterocycles. The number of hydrogen-bond donors (Lipinski definition) is 2. The van der Waals surface area contributed by atoms with Crippen molar-refractivity contribution in [3.05, 3.63) is 47.4 Å². The summed E-state index contributed by atoms with van der Waals surface area (Å²) in [7, 11) is 1.56. The van der Waals surface area contributed by atoms with Gasteiger partial charge >= 0.3 is 5.97 Å². The molecule has 2 rings (SSSR count). The first-order valence-corrected chi connectivity index (χ1v) is 5.82. The predicted molar refractivity (Wildman–Crippen MR) is 72.2 cm³/mol. The Morgan fingerprint density at radius 3 is 2.75 bits per heavy atom. The van der Waals surface area contributed by atoms with Crippen LogP contribution in [-0.4, -0.2) is 23.2 Å². The highest BCUT2D eigenvalue weighted by Gasteiger charge is 2.15. The van der Waals surface area contributed by atoms with Crippen LogP contribution in [0.5, 0.6) is 5.75 Å². The lowest BCUT2D eigenvalue weighted by Gasteiger charge is -2.10. The zero-order chi connectivity index (χ0) is 14.7. The van der Waals surface area contributed by atoms with Crippen molar-refractivity contribution in [2.45, 2.75) is 6.92 Å². The molecule has 0 atom stereocenters. The SMILES string of the molecule is COc1ccc(Nc2nccc(C(=O)O)c2F)cc1C. The molecule has 5 nitrogen and oxygen atoms in total. The van der Waals surface area contributed by atoms with Crippen LogP contribution in [0.25, 0.3) is 0 Å². The van der Waals surface area contributed by atoms with Crippen molar-refractivity contribution in [2.24, 2.45) is 0 Å². The van der Waals surface area contributed by atoms with Gasteiger partial charge in [0.2, 0.25) is 0 Å². The van der Waals surface area contributed by atoms with Crippen molar-refractivity contribution in [1.29, 1.82) is 0 Å². The van der Waals surface area contributed by atoms with Crippen LogP contribution in [0, 0.1) is 12.7 Å². The average molecular weight is 276 g/mol. The smallest absolute Gasteiger partial charge is 0.338 e. The summed E-state index contributed by atoms with van der Waals surface area (Å²) in [6, 6.07) is 6.30. The second-order valence-corrected chi connectivity index (χ2v) is 4.14. The molecule has 0 saturated heterocycles. The van der Waals surface area contributed by atoms with E-state index in [-0.39, 0.29) is 5.82 Å². The number of carbonyl (C=O) groups is 1. The Morgan fingerprint density at radius 1 is 1.40 bits per heavy atom. The van der Waals surface area contributed by atoms with Crippen LogP contribution in [0.1, 0.15) is 15.9 Å². The van der Waals surface area contributed by atoms with Gasteiger partial charge in [-0.25, -0.2) is 14.2 Å². The summed E-state index contributed by atoms with van der Waals surface area (Å²) >= 11 is 0. The molecule has 0 saturated carbocycles. The number of aryl methyl sites for hydroxylation is 1. The summed E-state index contributed by atoms with van der Waals surface area (Å²) in [6.45, 7) is 1.85. The second kappa shape index (κ2) is 5.56. The van der Waals surface area contributed by atoms with Gasteiger partial charge in [-0.15, -0.1) is 0 Å². The van der Waals surface area contributed by atoms with Crippen molar-refractivity contribution in [1.82, 2.24) is 4.98 Å². The monoisotopic (exact) mass is 276 g/mol. The van der Waals surface area contributed by atoms with Gasteiger partial charge in [0.25, 0.3) is 0 Å². The van der Waals surface area contributed by atoms with E-state index in [0.29, 0.717) is 11.4 Å². The van der Waals surface area contributed by atoms with E-state index in [1.165, 1.54) is 6.20 Å². The molecule has 6 heteroatoms. The molecule has 0 unspecified atom stereocenters. The third kappa shape index (κ3) is 2.69. The number of ether oxygens (including phenoxy) is 1. The molecule has 2 N–H and O–H groups in total. The summed E-state index contributed by atoms with van der Waals surface area (Å²) in [4.78, 5) is 14.7. The molecular weight excluding hydrogens is 263 g/mol. The van der Waals surface area contributed by atoms with E-state index >= 15 is 0 Å². The number of carboxylic acid groups (broad SMARTS) is 1. The van der Waals surface area contributed by atoms with Gasteiger partial charge in [-0.3, -0.25) is 0 Å². The van der Waals surface area contributed by atoms with Gasteiger partial charge in [0, 0.05) is 11.9 Å². The summed E-state index contributed by atoms with van der Waals surface area (Å²) in [5.74, 6) is -1.65. The molecular formula is C14H13FN2O3. The fourth-order valence-corrected chi connectivity index (χ4v) is 1.79. The number of aromatic carboxylic acids is 1. The molecule has 0 spiro atoms. The molecule has 1 heterocycles. The summed E-state index contributed by atoms with van der Waals surface area (Å²) < 4.78 is 19.1. The van der Waals surface area contributed by atoms with Crippen molar-refractivity contribution in [3.8, 4) is 5.75 Å². The quantitative estimate of drug-likeness (QED) is 0.898. The number of benzene rings is 1. The van der Waals surface area contributed by atoms with E-state index < -0.39 is 17.3 Å². The van der Waals surface area contributed by atoms with E-state index in [9.17, 15) is 9.18 Å². The normalized spacial score (nSPS) is 10.2.